The van der Waals surface area contributed by atoms with Crippen LogP contribution in [-0.4, -0.2) is 15.2 Å². The molecule has 0 amide bonds. The molecule has 0 radical (unpaired) electrons. The zero-order valence-corrected chi connectivity index (χ0v) is 14.6. The second kappa shape index (κ2) is 6.84. The van der Waals surface area contributed by atoms with Crippen LogP contribution in [0.1, 0.15) is 17.1 Å². The van der Waals surface area contributed by atoms with Crippen LogP contribution in [0.5, 0.6) is 0 Å². The van der Waals surface area contributed by atoms with Crippen molar-refractivity contribution in [2.75, 3.05) is 5.32 Å². The van der Waals surface area contributed by atoms with E-state index in [-0.39, 0.29) is 0 Å². The molecule has 6 heteroatoms. The third-order valence-corrected chi connectivity index (χ3v) is 3.96. The molecule has 0 fully saturated rings. The topological polar surface area (TPSA) is 77.0 Å². The number of aromatic nitrogens is 3. The van der Waals surface area contributed by atoms with E-state index in [1.54, 1.807) is 13.2 Å². The molecule has 2 heterocycles. The highest BCUT2D eigenvalue weighted by atomic mass is 16.4. The SMILES string of the molecule is Cc1ccc(-c2nc(CNc3cccc(-c4nnc(C)o4)c3)co2)cc1. The lowest BCUT2D eigenvalue weighted by Gasteiger charge is -2.05. The van der Waals surface area contributed by atoms with E-state index in [0.717, 1.165) is 22.5 Å². The minimum absolute atomic E-state index is 0.509. The zero-order valence-electron chi connectivity index (χ0n) is 14.6. The first-order valence-corrected chi connectivity index (χ1v) is 8.33. The molecule has 0 atom stereocenters. The second-order valence-corrected chi connectivity index (χ2v) is 6.07. The van der Waals surface area contributed by atoms with Crippen LogP contribution < -0.4 is 5.32 Å². The lowest BCUT2D eigenvalue weighted by molar-refractivity contribution is 0.533. The lowest BCUT2D eigenvalue weighted by Crippen LogP contribution is -1.99. The van der Waals surface area contributed by atoms with Crippen molar-refractivity contribution >= 4 is 5.69 Å². The van der Waals surface area contributed by atoms with Crippen molar-refractivity contribution in [3.8, 4) is 22.9 Å². The Morgan fingerprint density at radius 2 is 1.77 bits per heavy atom. The van der Waals surface area contributed by atoms with Crippen LogP contribution in [0.25, 0.3) is 22.9 Å². The smallest absolute Gasteiger partial charge is 0.247 e. The predicted octanol–water partition coefficient (Wildman–Crippen LogP) is 4.62. The van der Waals surface area contributed by atoms with E-state index in [1.807, 2.05) is 48.5 Å². The van der Waals surface area contributed by atoms with Crippen LogP contribution >= 0.6 is 0 Å². The summed E-state index contributed by atoms with van der Waals surface area (Å²) in [5.74, 6) is 1.68. The number of hydrogen-bond acceptors (Lipinski definition) is 6. The van der Waals surface area contributed by atoms with Gasteiger partial charge in [0.2, 0.25) is 17.7 Å². The van der Waals surface area contributed by atoms with Crippen molar-refractivity contribution in [3.63, 3.8) is 0 Å². The zero-order chi connectivity index (χ0) is 17.9. The predicted molar refractivity (Wildman–Crippen MR) is 98.5 cm³/mol. The summed E-state index contributed by atoms with van der Waals surface area (Å²) in [6.45, 7) is 4.38. The second-order valence-electron chi connectivity index (χ2n) is 6.07. The van der Waals surface area contributed by atoms with Crippen molar-refractivity contribution in [2.45, 2.75) is 20.4 Å². The molecular weight excluding hydrogens is 328 g/mol. The first-order chi connectivity index (χ1) is 12.7. The highest BCUT2D eigenvalue weighted by Gasteiger charge is 2.08. The molecular formula is C20H18N4O2. The molecule has 0 aliphatic rings. The summed E-state index contributed by atoms with van der Waals surface area (Å²) in [6, 6.07) is 15.9. The third-order valence-electron chi connectivity index (χ3n) is 3.96. The van der Waals surface area contributed by atoms with Gasteiger partial charge in [0.25, 0.3) is 0 Å². The van der Waals surface area contributed by atoms with E-state index >= 15 is 0 Å². The molecule has 1 N–H and O–H groups in total. The summed E-state index contributed by atoms with van der Waals surface area (Å²) in [4.78, 5) is 4.54. The molecule has 0 spiro atoms. The molecule has 0 unspecified atom stereocenters. The highest BCUT2D eigenvalue weighted by molar-refractivity contribution is 5.61. The van der Waals surface area contributed by atoms with Gasteiger partial charge in [-0.1, -0.05) is 23.8 Å². The number of aryl methyl sites for hydroxylation is 2. The van der Waals surface area contributed by atoms with Gasteiger partial charge in [0.1, 0.15) is 6.26 Å². The molecule has 6 nitrogen and oxygen atoms in total. The van der Waals surface area contributed by atoms with Crippen molar-refractivity contribution in [1.82, 2.24) is 15.2 Å². The number of anilines is 1. The number of benzene rings is 2. The third kappa shape index (κ3) is 3.49. The molecule has 0 aliphatic heterocycles. The molecule has 26 heavy (non-hydrogen) atoms. The summed E-state index contributed by atoms with van der Waals surface area (Å²) in [5, 5.41) is 11.2. The Morgan fingerprint density at radius 3 is 2.54 bits per heavy atom. The molecule has 4 aromatic rings. The van der Waals surface area contributed by atoms with Gasteiger partial charge in [0, 0.05) is 23.7 Å². The van der Waals surface area contributed by atoms with Gasteiger partial charge < -0.3 is 14.2 Å². The van der Waals surface area contributed by atoms with Gasteiger partial charge in [-0.2, -0.15) is 0 Å². The summed E-state index contributed by atoms with van der Waals surface area (Å²) < 4.78 is 11.1. The minimum atomic E-state index is 0.509. The summed E-state index contributed by atoms with van der Waals surface area (Å²) in [7, 11) is 0. The maximum absolute atomic E-state index is 5.59. The Hall–Kier alpha value is -3.41. The number of hydrogen-bond donors (Lipinski definition) is 1. The molecule has 4 rings (SSSR count). The van der Waals surface area contributed by atoms with Crippen LogP contribution in [-0.2, 0) is 6.54 Å². The Balaban J connectivity index is 1.45. The van der Waals surface area contributed by atoms with E-state index in [4.69, 9.17) is 8.83 Å². The van der Waals surface area contributed by atoms with Crippen molar-refractivity contribution in [1.29, 1.82) is 0 Å². The van der Waals surface area contributed by atoms with E-state index in [0.29, 0.717) is 24.2 Å². The Morgan fingerprint density at radius 1 is 0.923 bits per heavy atom. The molecule has 0 bridgehead atoms. The number of oxazole rings is 1. The lowest BCUT2D eigenvalue weighted by atomic mass is 10.1. The van der Waals surface area contributed by atoms with Crippen LogP contribution in [0.3, 0.4) is 0 Å². The molecule has 0 aliphatic carbocycles. The molecule has 130 valence electrons. The average Bonchev–Trinajstić information content (AvgIpc) is 3.30. The fourth-order valence-electron chi connectivity index (χ4n) is 2.58. The first-order valence-electron chi connectivity index (χ1n) is 8.33. The van der Waals surface area contributed by atoms with Gasteiger partial charge in [0.05, 0.1) is 12.2 Å². The summed E-state index contributed by atoms with van der Waals surface area (Å²) >= 11 is 0. The van der Waals surface area contributed by atoms with Crippen molar-refractivity contribution in [3.05, 3.63) is 71.9 Å². The van der Waals surface area contributed by atoms with Crippen LogP contribution in [0.4, 0.5) is 5.69 Å². The van der Waals surface area contributed by atoms with Crippen LogP contribution in [0, 0.1) is 13.8 Å². The maximum Gasteiger partial charge on any atom is 0.247 e. The van der Waals surface area contributed by atoms with Gasteiger partial charge in [-0.15, -0.1) is 10.2 Å². The van der Waals surface area contributed by atoms with Gasteiger partial charge in [-0.25, -0.2) is 4.98 Å². The first kappa shape index (κ1) is 16.1. The molecule has 2 aromatic heterocycles. The van der Waals surface area contributed by atoms with Gasteiger partial charge in [-0.05, 0) is 37.3 Å². The van der Waals surface area contributed by atoms with E-state index in [1.165, 1.54) is 5.56 Å². The monoisotopic (exact) mass is 346 g/mol. The van der Waals surface area contributed by atoms with E-state index in [9.17, 15) is 0 Å². The molecule has 0 saturated carbocycles. The molecule has 2 aromatic carbocycles. The normalized spacial score (nSPS) is 10.8. The van der Waals surface area contributed by atoms with Crippen LogP contribution in [0.2, 0.25) is 0 Å². The van der Waals surface area contributed by atoms with Gasteiger partial charge in [0.15, 0.2) is 0 Å². The standard InChI is InChI=1S/C20H18N4O2/c1-13-6-8-15(9-7-13)19-22-18(12-25-19)11-21-17-5-3-4-16(10-17)20-24-23-14(2)26-20/h3-10,12,21H,11H2,1-2H3. The van der Waals surface area contributed by atoms with Gasteiger partial charge in [-0.3, -0.25) is 0 Å². The van der Waals surface area contributed by atoms with Crippen LogP contribution in [0.15, 0.2) is 63.6 Å². The number of nitrogens with one attached hydrogen (secondary N) is 1. The average molecular weight is 346 g/mol. The quantitative estimate of drug-likeness (QED) is 0.568. The highest BCUT2D eigenvalue weighted by Crippen LogP contribution is 2.23. The Bertz CT molecular complexity index is 1020. The Labute approximate surface area is 150 Å². The fourth-order valence-corrected chi connectivity index (χ4v) is 2.58. The Kier molecular flexibility index (Phi) is 4.23. The summed E-state index contributed by atoms with van der Waals surface area (Å²) in [6.07, 6.45) is 1.67. The van der Waals surface area contributed by atoms with E-state index < -0.39 is 0 Å². The number of nitrogens with zero attached hydrogens (tertiary/aromatic N) is 3. The minimum Gasteiger partial charge on any atom is -0.444 e. The number of rotatable bonds is 5. The summed E-state index contributed by atoms with van der Waals surface area (Å²) in [5.41, 5.74) is 4.82. The molecule has 0 saturated heterocycles. The van der Waals surface area contributed by atoms with Crippen molar-refractivity contribution < 1.29 is 8.83 Å². The van der Waals surface area contributed by atoms with Crippen molar-refractivity contribution in [2.24, 2.45) is 0 Å². The fraction of sp³-hybridized carbons (Fsp3) is 0.150. The van der Waals surface area contributed by atoms with Gasteiger partial charge >= 0.3 is 0 Å². The largest absolute Gasteiger partial charge is 0.444 e. The van der Waals surface area contributed by atoms with E-state index in [2.05, 4.69) is 27.4 Å². The maximum atomic E-state index is 5.59.